The molecule has 8 nitrogen and oxygen atoms in total. The van der Waals surface area contributed by atoms with E-state index >= 15 is 0 Å². The van der Waals surface area contributed by atoms with E-state index in [2.05, 4.69) is 15.6 Å². The van der Waals surface area contributed by atoms with Crippen molar-refractivity contribution in [1.29, 1.82) is 0 Å². The van der Waals surface area contributed by atoms with Crippen LogP contribution in [0.3, 0.4) is 0 Å². The average Bonchev–Trinajstić information content (AvgIpc) is 2.58. The number of benzene rings is 1. The molecule has 1 saturated carbocycles. The third-order valence-electron chi connectivity index (χ3n) is 3.99. The molecule has 1 aromatic rings. The van der Waals surface area contributed by atoms with Gasteiger partial charge in [0.15, 0.2) is 5.96 Å². The zero-order chi connectivity index (χ0) is 17.4. The number of carboxylic acids is 1. The van der Waals surface area contributed by atoms with E-state index in [0.29, 0.717) is 17.6 Å². The number of aliphatic carboxylic acids is 1. The molecule has 0 spiro atoms. The van der Waals surface area contributed by atoms with Gasteiger partial charge in [-0.1, -0.05) is 19.3 Å². The van der Waals surface area contributed by atoms with E-state index in [4.69, 9.17) is 5.11 Å². The number of hydrogen-bond donors (Lipinski definition) is 3. The molecular formula is C16H22N4O4. The van der Waals surface area contributed by atoms with Crippen molar-refractivity contribution in [3.63, 3.8) is 0 Å². The Morgan fingerprint density at radius 2 is 1.88 bits per heavy atom. The molecule has 130 valence electrons. The molecule has 0 amide bonds. The van der Waals surface area contributed by atoms with Gasteiger partial charge in [-0.2, -0.15) is 0 Å². The Balaban J connectivity index is 2.02. The lowest BCUT2D eigenvalue weighted by atomic mass is 9.89. The maximum Gasteiger partial charge on any atom is 0.322 e. The number of carbonyl (C=O) groups is 1. The highest BCUT2D eigenvalue weighted by atomic mass is 16.6. The summed E-state index contributed by atoms with van der Waals surface area (Å²) in [5.41, 5.74) is 0.508. The molecule has 2 rings (SSSR count). The Morgan fingerprint density at radius 1 is 1.21 bits per heavy atom. The van der Waals surface area contributed by atoms with Crippen LogP contribution in [0, 0.1) is 16.0 Å². The number of nitro benzene ring substituents is 1. The fourth-order valence-electron chi connectivity index (χ4n) is 2.71. The molecule has 8 heteroatoms. The van der Waals surface area contributed by atoms with Crippen molar-refractivity contribution in [2.45, 2.75) is 32.1 Å². The number of carboxylic acid groups (broad SMARTS) is 1. The second-order valence-corrected chi connectivity index (χ2v) is 5.87. The summed E-state index contributed by atoms with van der Waals surface area (Å²) in [6.45, 7) is 0.488. The Kier molecular flexibility index (Phi) is 6.53. The summed E-state index contributed by atoms with van der Waals surface area (Å²) >= 11 is 0. The third kappa shape index (κ3) is 5.86. The van der Waals surface area contributed by atoms with Crippen LogP contribution in [0.5, 0.6) is 0 Å². The minimum atomic E-state index is -0.981. The third-order valence-corrected chi connectivity index (χ3v) is 3.99. The van der Waals surface area contributed by atoms with Crippen LogP contribution < -0.4 is 10.6 Å². The molecule has 1 aliphatic rings. The summed E-state index contributed by atoms with van der Waals surface area (Å²) in [4.78, 5) is 25.3. The highest BCUT2D eigenvalue weighted by Gasteiger charge is 2.14. The molecule has 1 aliphatic carbocycles. The molecule has 1 aromatic carbocycles. The molecule has 1 fully saturated rings. The van der Waals surface area contributed by atoms with Crippen LogP contribution in [0.15, 0.2) is 29.3 Å². The lowest BCUT2D eigenvalue weighted by Crippen LogP contribution is -2.42. The van der Waals surface area contributed by atoms with Crippen molar-refractivity contribution in [2.24, 2.45) is 10.9 Å². The normalized spacial score (nSPS) is 15.8. The molecule has 0 radical (unpaired) electrons. The summed E-state index contributed by atoms with van der Waals surface area (Å²) in [7, 11) is 0. The maximum absolute atomic E-state index is 10.8. The fraction of sp³-hybridized carbons (Fsp3) is 0.500. The summed E-state index contributed by atoms with van der Waals surface area (Å²) in [5.74, 6) is -0.0462. The molecule has 0 unspecified atom stereocenters. The predicted molar refractivity (Wildman–Crippen MR) is 90.4 cm³/mol. The standard InChI is InChI=1S/C16H22N4O4/c21-15(22)11-18-16(17-10-12-4-2-1-3-5-12)19-13-6-8-14(9-7-13)20(23)24/h6-9,12H,1-5,10-11H2,(H,21,22)(H2,17,18,19). The highest BCUT2D eigenvalue weighted by molar-refractivity contribution is 5.85. The van der Waals surface area contributed by atoms with Gasteiger partial charge in [0.1, 0.15) is 6.54 Å². The second-order valence-electron chi connectivity index (χ2n) is 5.87. The number of guanidine groups is 1. The van der Waals surface area contributed by atoms with Crippen LogP contribution in [0.4, 0.5) is 11.4 Å². The van der Waals surface area contributed by atoms with Crippen LogP contribution in [0.1, 0.15) is 32.1 Å². The minimum Gasteiger partial charge on any atom is -0.480 e. The number of nitro groups is 1. The van der Waals surface area contributed by atoms with Gasteiger partial charge >= 0.3 is 5.97 Å². The smallest absolute Gasteiger partial charge is 0.322 e. The van der Waals surface area contributed by atoms with E-state index in [1.807, 2.05) is 0 Å². The lowest BCUT2D eigenvalue weighted by Gasteiger charge is -2.22. The largest absolute Gasteiger partial charge is 0.480 e. The van der Waals surface area contributed by atoms with Crippen molar-refractivity contribution in [3.8, 4) is 0 Å². The van der Waals surface area contributed by atoms with E-state index in [-0.39, 0.29) is 12.2 Å². The molecule has 0 saturated heterocycles. The number of nitrogens with zero attached hydrogens (tertiary/aromatic N) is 2. The Morgan fingerprint density at radius 3 is 2.46 bits per heavy atom. The van der Waals surface area contributed by atoms with Gasteiger partial charge < -0.3 is 15.7 Å². The van der Waals surface area contributed by atoms with Crippen molar-refractivity contribution >= 4 is 23.3 Å². The Hall–Kier alpha value is -2.64. The monoisotopic (exact) mass is 334 g/mol. The molecule has 24 heavy (non-hydrogen) atoms. The Labute approximate surface area is 140 Å². The summed E-state index contributed by atoms with van der Waals surface area (Å²) in [6.07, 6.45) is 6.05. The molecule has 0 bridgehead atoms. The van der Waals surface area contributed by atoms with Crippen LogP contribution in [-0.4, -0.2) is 35.0 Å². The first-order valence-electron chi connectivity index (χ1n) is 8.07. The first-order valence-corrected chi connectivity index (χ1v) is 8.07. The molecular weight excluding hydrogens is 312 g/mol. The molecule has 0 heterocycles. The second kappa shape index (κ2) is 8.85. The molecule has 3 N–H and O–H groups in total. The van der Waals surface area contributed by atoms with Crippen molar-refractivity contribution < 1.29 is 14.8 Å². The maximum atomic E-state index is 10.8. The van der Waals surface area contributed by atoms with Gasteiger partial charge in [0.2, 0.25) is 0 Å². The van der Waals surface area contributed by atoms with Gasteiger partial charge in [0.05, 0.1) is 10.6 Å². The van der Waals surface area contributed by atoms with Crippen LogP contribution >= 0.6 is 0 Å². The van der Waals surface area contributed by atoms with Crippen LogP contribution in [-0.2, 0) is 4.79 Å². The van der Waals surface area contributed by atoms with E-state index in [0.717, 1.165) is 19.4 Å². The van der Waals surface area contributed by atoms with E-state index in [1.54, 1.807) is 0 Å². The summed E-state index contributed by atoms with van der Waals surface area (Å²) in [6, 6.07) is 5.80. The highest BCUT2D eigenvalue weighted by Crippen LogP contribution is 2.23. The molecule has 0 aliphatic heterocycles. The fourth-order valence-corrected chi connectivity index (χ4v) is 2.71. The topological polar surface area (TPSA) is 117 Å². The van der Waals surface area contributed by atoms with Crippen molar-refractivity contribution in [3.05, 3.63) is 34.4 Å². The van der Waals surface area contributed by atoms with Gasteiger partial charge in [0, 0.05) is 18.7 Å². The predicted octanol–water partition coefficient (Wildman–Crippen LogP) is 2.43. The first kappa shape index (κ1) is 17.7. The van der Waals surface area contributed by atoms with Gasteiger partial charge in [-0.3, -0.25) is 14.9 Å². The average molecular weight is 334 g/mol. The van der Waals surface area contributed by atoms with E-state index in [1.165, 1.54) is 43.5 Å². The SMILES string of the molecule is O=C(O)CNC(=Nc1ccc([N+](=O)[O-])cc1)NCC1CCCCC1. The van der Waals surface area contributed by atoms with Crippen LogP contribution in [0.25, 0.3) is 0 Å². The van der Waals surface area contributed by atoms with E-state index < -0.39 is 10.9 Å². The van der Waals surface area contributed by atoms with Gasteiger partial charge in [0.25, 0.3) is 5.69 Å². The van der Waals surface area contributed by atoms with Crippen molar-refractivity contribution in [2.75, 3.05) is 13.1 Å². The van der Waals surface area contributed by atoms with Gasteiger partial charge in [-0.25, -0.2) is 4.99 Å². The number of non-ortho nitro benzene ring substituents is 1. The zero-order valence-electron chi connectivity index (χ0n) is 13.4. The zero-order valence-corrected chi connectivity index (χ0v) is 13.4. The quantitative estimate of drug-likeness (QED) is 0.318. The first-order chi connectivity index (χ1) is 11.5. The van der Waals surface area contributed by atoms with E-state index in [9.17, 15) is 14.9 Å². The Bertz CT molecular complexity index is 595. The molecule has 0 atom stereocenters. The summed E-state index contributed by atoms with van der Waals surface area (Å²) in [5, 5.41) is 25.4. The van der Waals surface area contributed by atoms with Gasteiger partial charge in [-0.15, -0.1) is 0 Å². The number of hydrogen-bond acceptors (Lipinski definition) is 4. The van der Waals surface area contributed by atoms with Crippen molar-refractivity contribution in [1.82, 2.24) is 10.6 Å². The lowest BCUT2D eigenvalue weighted by molar-refractivity contribution is -0.384. The molecule has 0 aromatic heterocycles. The minimum absolute atomic E-state index is 0.0100. The summed E-state index contributed by atoms with van der Waals surface area (Å²) < 4.78 is 0. The number of aliphatic imine (C=N–C) groups is 1. The number of rotatable bonds is 6. The number of nitrogens with one attached hydrogen (secondary N) is 2. The van der Waals surface area contributed by atoms with Crippen LogP contribution in [0.2, 0.25) is 0 Å². The van der Waals surface area contributed by atoms with Gasteiger partial charge in [-0.05, 0) is 30.9 Å².